The summed E-state index contributed by atoms with van der Waals surface area (Å²) in [6, 6.07) is 21.9. The Hall–Kier alpha value is -3.80. The van der Waals surface area contributed by atoms with Crippen molar-refractivity contribution in [3.63, 3.8) is 0 Å². The van der Waals surface area contributed by atoms with Gasteiger partial charge in [0.2, 0.25) is 0 Å². The van der Waals surface area contributed by atoms with Gasteiger partial charge in [-0.05, 0) is 29.8 Å². The molecule has 1 heterocycles. The summed E-state index contributed by atoms with van der Waals surface area (Å²) in [6.07, 6.45) is -0.591. The Morgan fingerprint density at radius 2 is 1.56 bits per heavy atom. The summed E-state index contributed by atoms with van der Waals surface area (Å²) in [4.78, 5) is 24.7. The molecule has 0 fully saturated rings. The first-order valence-electron chi connectivity index (χ1n) is 8.49. The number of amides is 2. The molecule has 0 saturated heterocycles. The van der Waals surface area contributed by atoms with Crippen molar-refractivity contribution in [3.05, 3.63) is 83.9 Å². The van der Waals surface area contributed by atoms with E-state index < -0.39 is 6.09 Å². The number of para-hydroxylation sites is 3. The van der Waals surface area contributed by atoms with Gasteiger partial charge in [0.1, 0.15) is 6.61 Å². The predicted molar refractivity (Wildman–Crippen MR) is 104 cm³/mol. The zero-order valence-electron chi connectivity index (χ0n) is 14.4. The molecule has 0 radical (unpaired) electrons. The van der Waals surface area contributed by atoms with Gasteiger partial charge in [-0.3, -0.25) is 10.1 Å². The summed E-state index contributed by atoms with van der Waals surface area (Å²) in [5.41, 5.74) is 3.75. The largest absolute Gasteiger partial charge is 0.444 e. The maximum absolute atomic E-state index is 12.5. The normalized spacial score (nSPS) is 11.9. The van der Waals surface area contributed by atoms with Crippen molar-refractivity contribution < 1.29 is 14.3 Å². The van der Waals surface area contributed by atoms with Gasteiger partial charge in [0.05, 0.1) is 28.3 Å². The van der Waals surface area contributed by atoms with Gasteiger partial charge in [0.15, 0.2) is 0 Å². The number of carbonyl (C=O) groups excluding carboxylic acids is 2. The van der Waals surface area contributed by atoms with Gasteiger partial charge < -0.3 is 15.4 Å². The first-order chi connectivity index (χ1) is 13.2. The Balaban J connectivity index is 1.56. The monoisotopic (exact) mass is 359 g/mol. The molecule has 3 aromatic carbocycles. The zero-order valence-corrected chi connectivity index (χ0v) is 14.4. The van der Waals surface area contributed by atoms with E-state index in [9.17, 15) is 9.59 Å². The van der Waals surface area contributed by atoms with Crippen LogP contribution in [0.2, 0.25) is 0 Å². The van der Waals surface area contributed by atoms with Crippen LogP contribution in [0, 0.1) is 0 Å². The van der Waals surface area contributed by atoms with Crippen molar-refractivity contribution in [1.82, 2.24) is 0 Å². The van der Waals surface area contributed by atoms with Crippen molar-refractivity contribution in [1.29, 1.82) is 0 Å². The van der Waals surface area contributed by atoms with Crippen molar-refractivity contribution in [2.75, 3.05) is 16.0 Å². The van der Waals surface area contributed by atoms with Crippen LogP contribution in [0.15, 0.2) is 72.8 Å². The number of carbonyl (C=O) groups is 2. The first kappa shape index (κ1) is 16.7. The van der Waals surface area contributed by atoms with Crippen molar-refractivity contribution in [2.24, 2.45) is 0 Å². The van der Waals surface area contributed by atoms with Gasteiger partial charge in [0, 0.05) is 0 Å². The number of anilines is 4. The van der Waals surface area contributed by atoms with Crippen molar-refractivity contribution in [2.45, 2.75) is 6.61 Å². The van der Waals surface area contributed by atoms with Crippen LogP contribution in [-0.2, 0) is 11.3 Å². The smallest absolute Gasteiger partial charge is 0.412 e. The number of ether oxygens (including phenoxy) is 1. The fourth-order valence-corrected chi connectivity index (χ4v) is 2.87. The highest BCUT2D eigenvalue weighted by Crippen LogP contribution is 2.36. The fourth-order valence-electron chi connectivity index (χ4n) is 2.87. The summed E-state index contributed by atoms with van der Waals surface area (Å²) in [7, 11) is 0. The second-order valence-electron chi connectivity index (χ2n) is 6.04. The van der Waals surface area contributed by atoms with Gasteiger partial charge in [-0.25, -0.2) is 4.79 Å². The highest BCUT2D eigenvalue weighted by Gasteiger charge is 2.21. The van der Waals surface area contributed by atoms with Crippen LogP contribution in [0.3, 0.4) is 0 Å². The lowest BCUT2D eigenvalue weighted by Gasteiger charge is -2.14. The minimum absolute atomic E-state index is 0.165. The number of hydrogen-bond donors (Lipinski definition) is 3. The number of benzene rings is 3. The van der Waals surface area contributed by atoms with E-state index in [4.69, 9.17) is 4.74 Å². The lowest BCUT2D eigenvalue weighted by Crippen LogP contribution is -2.16. The molecule has 1 aliphatic heterocycles. The molecule has 0 spiro atoms. The van der Waals surface area contributed by atoms with Gasteiger partial charge >= 0.3 is 6.09 Å². The Bertz CT molecular complexity index is 1000. The minimum Gasteiger partial charge on any atom is -0.444 e. The third kappa shape index (κ3) is 3.59. The molecule has 6 heteroatoms. The highest BCUT2D eigenvalue weighted by atomic mass is 16.5. The summed E-state index contributed by atoms with van der Waals surface area (Å²) in [5.74, 6) is -0.247. The topological polar surface area (TPSA) is 79.5 Å². The van der Waals surface area contributed by atoms with E-state index in [0.717, 1.165) is 11.3 Å². The van der Waals surface area contributed by atoms with Crippen LogP contribution in [0.1, 0.15) is 15.9 Å². The van der Waals surface area contributed by atoms with Crippen LogP contribution in [0.25, 0.3) is 0 Å². The molecule has 0 unspecified atom stereocenters. The zero-order chi connectivity index (χ0) is 18.6. The summed E-state index contributed by atoms with van der Waals surface area (Å²) in [5, 5.41) is 8.80. The molecule has 27 heavy (non-hydrogen) atoms. The van der Waals surface area contributed by atoms with Gasteiger partial charge in [-0.15, -0.1) is 0 Å². The van der Waals surface area contributed by atoms with E-state index in [1.807, 2.05) is 54.6 Å². The van der Waals surface area contributed by atoms with Crippen LogP contribution >= 0.6 is 0 Å². The molecule has 0 atom stereocenters. The second-order valence-corrected chi connectivity index (χ2v) is 6.04. The van der Waals surface area contributed by atoms with E-state index in [1.54, 1.807) is 18.2 Å². The molecule has 2 amide bonds. The van der Waals surface area contributed by atoms with Crippen molar-refractivity contribution >= 4 is 34.7 Å². The molecule has 4 rings (SSSR count). The SMILES string of the molecule is O=C(Nc1cccc2c1Nc1ccccc1NC2=O)OCc1ccccc1. The molecule has 3 aromatic rings. The molecular weight excluding hydrogens is 342 g/mol. The first-order valence-corrected chi connectivity index (χ1v) is 8.49. The van der Waals surface area contributed by atoms with E-state index in [2.05, 4.69) is 16.0 Å². The maximum Gasteiger partial charge on any atom is 0.412 e. The van der Waals surface area contributed by atoms with E-state index >= 15 is 0 Å². The average Bonchev–Trinajstić information content (AvgIpc) is 2.84. The van der Waals surface area contributed by atoms with Gasteiger partial charge in [-0.2, -0.15) is 0 Å². The van der Waals surface area contributed by atoms with Gasteiger partial charge in [-0.1, -0.05) is 48.5 Å². The van der Waals surface area contributed by atoms with Crippen molar-refractivity contribution in [3.8, 4) is 0 Å². The van der Waals surface area contributed by atoms with Crippen LogP contribution in [0.4, 0.5) is 27.5 Å². The molecule has 0 aromatic heterocycles. The highest BCUT2D eigenvalue weighted by molar-refractivity contribution is 6.14. The number of rotatable bonds is 3. The van der Waals surface area contributed by atoms with Gasteiger partial charge in [0.25, 0.3) is 5.91 Å². The van der Waals surface area contributed by atoms with E-state index in [-0.39, 0.29) is 12.5 Å². The molecule has 3 N–H and O–H groups in total. The van der Waals surface area contributed by atoms with E-state index in [1.165, 1.54) is 0 Å². The third-order valence-corrected chi connectivity index (χ3v) is 4.19. The average molecular weight is 359 g/mol. The third-order valence-electron chi connectivity index (χ3n) is 4.19. The molecule has 1 aliphatic rings. The minimum atomic E-state index is -0.591. The summed E-state index contributed by atoms with van der Waals surface area (Å²) < 4.78 is 5.27. The Morgan fingerprint density at radius 1 is 0.852 bits per heavy atom. The van der Waals surface area contributed by atoms with Crippen LogP contribution in [0.5, 0.6) is 0 Å². The Kier molecular flexibility index (Phi) is 4.45. The number of nitrogens with one attached hydrogen (secondary N) is 3. The number of hydrogen-bond acceptors (Lipinski definition) is 4. The summed E-state index contributed by atoms with van der Waals surface area (Å²) >= 11 is 0. The quantitative estimate of drug-likeness (QED) is 0.631. The van der Waals surface area contributed by atoms with Crippen LogP contribution in [-0.4, -0.2) is 12.0 Å². The molecule has 0 aliphatic carbocycles. The van der Waals surface area contributed by atoms with Crippen LogP contribution < -0.4 is 16.0 Å². The molecule has 134 valence electrons. The maximum atomic E-state index is 12.5. The Labute approximate surface area is 156 Å². The second kappa shape index (κ2) is 7.21. The lowest BCUT2D eigenvalue weighted by atomic mass is 10.1. The predicted octanol–water partition coefficient (Wildman–Crippen LogP) is 4.74. The molecular formula is C21H17N3O3. The molecule has 0 saturated carbocycles. The standard InChI is InChI=1S/C21H17N3O3/c25-20-15-9-6-12-18(19(15)22-16-10-4-5-11-17(16)23-20)24-21(26)27-13-14-7-2-1-3-8-14/h1-12,22H,13H2,(H,23,25)(H,24,26). The lowest BCUT2D eigenvalue weighted by molar-refractivity contribution is 0.102. The molecule has 6 nitrogen and oxygen atoms in total. The fraction of sp³-hybridized carbons (Fsp3) is 0.0476. The summed E-state index contributed by atoms with van der Waals surface area (Å²) in [6.45, 7) is 0.165. The molecule has 0 bridgehead atoms. The number of fused-ring (bicyclic) bond motifs is 2. The van der Waals surface area contributed by atoms with E-state index in [0.29, 0.717) is 22.6 Å². The Morgan fingerprint density at radius 3 is 2.33 bits per heavy atom.